The molecule has 0 aromatic heterocycles. The van der Waals surface area contributed by atoms with Crippen LogP contribution in [-0.2, 0) is 0 Å². The van der Waals surface area contributed by atoms with Crippen molar-refractivity contribution in [2.45, 2.75) is 0 Å². The summed E-state index contributed by atoms with van der Waals surface area (Å²) in [6.07, 6.45) is 0. The Morgan fingerprint density at radius 1 is 0.172 bits per heavy atom. The topological polar surface area (TPSA) is 0 Å². The summed E-state index contributed by atoms with van der Waals surface area (Å²) in [6, 6.07) is 77.1. The molecule has 58 heavy (non-hydrogen) atoms. The molecule has 0 saturated heterocycles. The predicted molar refractivity (Wildman–Crippen MR) is 250 cm³/mol. The van der Waals surface area contributed by atoms with Crippen molar-refractivity contribution in [3.05, 3.63) is 206 Å². The number of hydrogen-bond donors (Lipinski definition) is 0. The molecule has 0 bridgehead atoms. The largest absolute Gasteiger partial charge is 0.0616 e. The third-order valence-corrected chi connectivity index (χ3v) is 12.9. The molecule has 0 radical (unpaired) electrons. The highest BCUT2D eigenvalue weighted by atomic mass is 14.3. The molecule has 0 nitrogen and oxygen atoms in total. The normalized spacial score (nSPS) is 12.1. The Hall–Kier alpha value is -7.54. The highest BCUT2D eigenvalue weighted by Gasteiger charge is 2.22. The Labute approximate surface area is 335 Å². The molecule has 12 aromatic rings. The van der Waals surface area contributed by atoms with Crippen LogP contribution in [0.4, 0.5) is 0 Å². The lowest BCUT2D eigenvalue weighted by molar-refractivity contribution is 1.65. The Morgan fingerprint density at radius 2 is 0.603 bits per heavy atom. The zero-order valence-electron chi connectivity index (χ0n) is 31.6. The van der Waals surface area contributed by atoms with Crippen LogP contribution >= 0.6 is 0 Å². The average molecular weight is 731 g/mol. The smallest absolute Gasteiger partial charge is 0.00199 e. The van der Waals surface area contributed by atoms with Gasteiger partial charge in [0.15, 0.2) is 0 Å². The van der Waals surface area contributed by atoms with Gasteiger partial charge in [0.05, 0.1) is 0 Å². The quantitative estimate of drug-likeness (QED) is 0.159. The van der Waals surface area contributed by atoms with Crippen molar-refractivity contribution >= 4 is 75.4 Å². The van der Waals surface area contributed by atoms with Gasteiger partial charge in [-0.15, -0.1) is 0 Å². The molecule has 0 amide bonds. The van der Waals surface area contributed by atoms with Gasteiger partial charge in [-0.05, 0) is 161 Å². The Balaban J connectivity index is 0.912. The highest BCUT2D eigenvalue weighted by molar-refractivity contribution is 6.33. The molecule has 0 unspecified atom stereocenters. The van der Waals surface area contributed by atoms with E-state index in [0.29, 0.717) is 0 Å². The molecule has 1 aliphatic carbocycles. The lowest BCUT2D eigenvalue weighted by Gasteiger charge is -2.16. The minimum atomic E-state index is 1.23. The van der Waals surface area contributed by atoms with Crippen LogP contribution < -0.4 is 0 Å². The van der Waals surface area contributed by atoms with Crippen LogP contribution in [0.5, 0.6) is 0 Å². The SMILES string of the molecule is c1ccc2c(c1)-c1cccc3c(-c4ccc5cc(-c6ccc7ccc(-c8cc9c%10ccccc%10c%10ccccc%10c9c9ccccc89)cc7c6)ccc5c4)ccc-2c13. The van der Waals surface area contributed by atoms with E-state index in [2.05, 4.69) is 206 Å². The molecule has 0 heterocycles. The van der Waals surface area contributed by atoms with Crippen molar-refractivity contribution in [2.75, 3.05) is 0 Å². The molecular formula is C58H34. The summed E-state index contributed by atoms with van der Waals surface area (Å²) >= 11 is 0. The summed E-state index contributed by atoms with van der Waals surface area (Å²) in [5, 5.41) is 18.1. The maximum atomic E-state index is 2.44. The monoisotopic (exact) mass is 730 g/mol. The first-order chi connectivity index (χ1) is 28.7. The lowest BCUT2D eigenvalue weighted by Crippen LogP contribution is -1.89. The molecule has 12 aromatic carbocycles. The van der Waals surface area contributed by atoms with Crippen molar-refractivity contribution in [1.82, 2.24) is 0 Å². The van der Waals surface area contributed by atoms with Crippen molar-refractivity contribution in [3.63, 3.8) is 0 Å². The summed E-state index contributed by atoms with van der Waals surface area (Å²) in [6.45, 7) is 0. The third-order valence-electron chi connectivity index (χ3n) is 12.9. The van der Waals surface area contributed by atoms with Gasteiger partial charge in [0.25, 0.3) is 0 Å². The van der Waals surface area contributed by atoms with Crippen molar-refractivity contribution in [3.8, 4) is 55.6 Å². The van der Waals surface area contributed by atoms with Crippen LogP contribution in [0.2, 0.25) is 0 Å². The first kappa shape index (κ1) is 31.6. The molecule has 0 saturated carbocycles. The summed E-state index contributed by atoms with van der Waals surface area (Å²) in [7, 11) is 0. The van der Waals surface area contributed by atoms with Crippen LogP contribution in [0.15, 0.2) is 206 Å². The molecule has 0 spiro atoms. The van der Waals surface area contributed by atoms with E-state index in [9.17, 15) is 0 Å². The molecule has 13 rings (SSSR count). The summed E-state index contributed by atoms with van der Waals surface area (Å²) in [4.78, 5) is 0. The maximum absolute atomic E-state index is 2.44. The molecule has 266 valence electrons. The van der Waals surface area contributed by atoms with Crippen LogP contribution in [0.1, 0.15) is 0 Å². The molecular weight excluding hydrogens is 697 g/mol. The minimum absolute atomic E-state index is 1.23. The summed E-state index contributed by atoms with van der Waals surface area (Å²) in [5.74, 6) is 0. The second-order valence-corrected chi connectivity index (χ2v) is 16.0. The van der Waals surface area contributed by atoms with Crippen molar-refractivity contribution in [1.29, 1.82) is 0 Å². The summed E-state index contributed by atoms with van der Waals surface area (Å²) < 4.78 is 0. The Kier molecular flexibility index (Phi) is 6.54. The Bertz CT molecular complexity index is 3700. The van der Waals surface area contributed by atoms with E-state index in [4.69, 9.17) is 0 Å². The van der Waals surface area contributed by atoms with Gasteiger partial charge >= 0.3 is 0 Å². The van der Waals surface area contributed by atoms with E-state index in [-0.39, 0.29) is 0 Å². The van der Waals surface area contributed by atoms with Gasteiger partial charge in [-0.2, -0.15) is 0 Å². The minimum Gasteiger partial charge on any atom is -0.0616 e. The maximum Gasteiger partial charge on any atom is -0.00199 e. The fraction of sp³-hybridized carbons (Fsp3) is 0. The first-order valence-corrected chi connectivity index (χ1v) is 20.2. The number of rotatable bonds is 3. The van der Waals surface area contributed by atoms with E-state index in [0.717, 1.165) is 0 Å². The lowest BCUT2D eigenvalue weighted by atomic mass is 9.87. The van der Waals surface area contributed by atoms with Gasteiger partial charge in [-0.3, -0.25) is 0 Å². The van der Waals surface area contributed by atoms with Gasteiger partial charge < -0.3 is 0 Å². The fourth-order valence-corrected chi connectivity index (χ4v) is 10.3. The van der Waals surface area contributed by atoms with Gasteiger partial charge in [-0.25, -0.2) is 0 Å². The standard InChI is InChI=1S/C58H34/c1-4-14-48-44(10-1)45-11-5-7-16-51(45)58-52-17-8-6-15-49(52)55(34-56(48)58)41-26-21-35-20-22-39(32-42(35)33-41)36-23-24-38-31-40(27-25-37(38)30-36)43-28-29-54-47-13-3-2-12-46(47)53-19-9-18-50(43)57(53)54/h1-34H. The predicted octanol–water partition coefficient (Wildman–Crippen LogP) is 16.4. The van der Waals surface area contributed by atoms with Crippen LogP contribution in [0.3, 0.4) is 0 Å². The van der Waals surface area contributed by atoms with Gasteiger partial charge in [0.2, 0.25) is 0 Å². The zero-order chi connectivity index (χ0) is 37.9. The average Bonchev–Trinajstić information content (AvgIpc) is 3.62. The molecule has 0 aliphatic heterocycles. The van der Waals surface area contributed by atoms with Gasteiger partial charge in [0.1, 0.15) is 0 Å². The van der Waals surface area contributed by atoms with Crippen molar-refractivity contribution < 1.29 is 0 Å². The van der Waals surface area contributed by atoms with E-state index in [1.165, 1.54) is 131 Å². The second-order valence-electron chi connectivity index (χ2n) is 16.0. The second kappa shape index (κ2) is 12.0. The fourth-order valence-electron chi connectivity index (χ4n) is 10.3. The summed E-state index contributed by atoms with van der Waals surface area (Å²) in [5.41, 5.74) is 12.8. The van der Waals surface area contributed by atoms with E-state index >= 15 is 0 Å². The molecule has 1 aliphatic rings. The zero-order valence-corrected chi connectivity index (χ0v) is 31.6. The number of benzene rings is 12. The van der Waals surface area contributed by atoms with Crippen LogP contribution in [0.25, 0.3) is 131 Å². The molecule has 0 fully saturated rings. The highest BCUT2D eigenvalue weighted by Crippen LogP contribution is 2.49. The van der Waals surface area contributed by atoms with Gasteiger partial charge in [0, 0.05) is 0 Å². The Morgan fingerprint density at radius 3 is 1.31 bits per heavy atom. The molecule has 0 atom stereocenters. The first-order valence-electron chi connectivity index (χ1n) is 20.2. The molecule has 0 N–H and O–H groups in total. The van der Waals surface area contributed by atoms with Gasteiger partial charge in [-0.1, -0.05) is 176 Å². The molecule has 0 heteroatoms. The van der Waals surface area contributed by atoms with Crippen molar-refractivity contribution in [2.24, 2.45) is 0 Å². The third kappa shape index (κ3) is 4.52. The number of hydrogen-bond acceptors (Lipinski definition) is 0. The van der Waals surface area contributed by atoms with Crippen LogP contribution in [0, 0.1) is 0 Å². The number of fused-ring (bicyclic) bond motifs is 13. The van der Waals surface area contributed by atoms with Crippen LogP contribution in [-0.4, -0.2) is 0 Å². The van der Waals surface area contributed by atoms with E-state index in [1.807, 2.05) is 0 Å². The van der Waals surface area contributed by atoms with E-state index < -0.39 is 0 Å². The van der Waals surface area contributed by atoms with E-state index in [1.54, 1.807) is 0 Å².